The minimum absolute atomic E-state index is 0.322. The maximum atomic E-state index is 12.6. The van der Waals surface area contributed by atoms with Crippen molar-refractivity contribution in [2.75, 3.05) is 18.4 Å². The molecule has 4 nitrogen and oxygen atoms in total. The largest absolute Gasteiger partial charge is 0.382 e. The molecule has 1 aromatic carbocycles. The van der Waals surface area contributed by atoms with Crippen LogP contribution < -0.4 is 5.32 Å². The molecule has 138 valence electrons. The summed E-state index contributed by atoms with van der Waals surface area (Å²) < 4.78 is 48.3. The average Bonchev–Trinajstić information content (AvgIpc) is 3.40. The smallest absolute Gasteiger partial charge is 0.341 e. The number of benzene rings is 1. The van der Waals surface area contributed by atoms with Crippen LogP contribution in [0, 0.1) is 11.8 Å². The fourth-order valence-corrected chi connectivity index (χ4v) is 5.20. The third-order valence-electron chi connectivity index (χ3n) is 5.92. The van der Waals surface area contributed by atoms with E-state index >= 15 is 0 Å². The average molecular weight is 370 g/mol. The Kier molecular flexibility index (Phi) is 4.48. The van der Waals surface area contributed by atoms with Gasteiger partial charge < -0.3 is 5.32 Å². The molecule has 1 N–H and O–H groups in total. The predicted molar refractivity (Wildman–Crippen MR) is 92.5 cm³/mol. The Morgan fingerprint density at radius 1 is 1.00 bits per heavy atom. The summed E-state index contributed by atoms with van der Waals surface area (Å²) in [6, 6.07) is 6.96. The quantitative estimate of drug-likeness (QED) is 0.864. The van der Waals surface area contributed by atoms with Gasteiger partial charge in [0, 0.05) is 30.9 Å². The number of sulfone groups is 1. The van der Waals surface area contributed by atoms with E-state index in [1.807, 2.05) is 0 Å². The fourth-order valence-electron chi connectivity index (χ4n) is 4.48. The Morgan fingerprint density at radius 2 is 1.60 bits per heavy atom. The molecular formula is C18H24F2N2O2S. The first-order valence-electron chi connectivity index (χ1n) is 9.08. The lowest BCUT2D eigenvalue weighted by atomic mass is 9.73. The minimum atomic E-state index is -4.52. The molecule has 2 bridgehead atoms. The Bertz CT molecular complexity index is 705. The summed E-state index contributed by atoms with van der Waals surface area (Å²) >= 11 is 0. The SMILES string of the molecule is O=S(=O)(c1ccc(NC2C3CCCC2CN(C2CC2)C3)cc1)C(F)F. The highest BCUT2D eigenvalue weighted by atomic mass is 32.2. The second-order valence-electron chi connectivity index (χ2n) is 7.64. The number of hydrogen-bond donors (Lipinski definition) is 1. The Morgan fingerprint density at radius 3 is 2.12 bits per heavy atom. The summed E-state index contributed by atoms with van der Waals surface area (Å²) in [7, 11) is -4.52. The molecule has 2 saturated carbocycles. The van der Waals surface area contributed by atoms with Gasteiger partial charge >= 0.3 is 5.76 Å². The number of anilines is 1. The Labute approximate surface area is 147 Å². The topological polar surface area (TPSA) is 49.4 Å². The van der Waals surface area contributed by atoms with Crippen LogP contribution in [0.1, 0.15) is 32.1 Å². The van der Waals surface area contributed by atoms with Crippen LogP contribution in [0.4, 0.5) is 14.5 Å². The van der Waals surface area contributed by atoms with Gasteiger partial charge in [0.05, 0.1) is 4.90 Å². The van der Waals surface area contributed by atoms with Crippen molar-refractivity contribution in [2.24, 2.45) is 11.8 Å². The fraction of sp³-hybridized carbons (Fsp3) is 0.667. The van der Waals surface area contributed by atoms with Gasteiger partial charge in [0.15, 0.2) is 0 Å². The van der Waals surface area contributed by atoms with E-state index in [1.165, 1.54) is 44.2 Å². The number of rotatable bonds is 5. The second-order valence-corrected chi connectivity index (χ2v) is 9.55. The van der Waals surface area contributed by atoms with E-state index in [0.29, 0.717) is 17.9 Å². The van der Waals surface area contributed by atoms with Crippen LogP contribution in [0.15, 0.2) is 29.2 Å². The molecule has 7 heteroatoms. The molecule has 0 aromatic heterocycles. The number of piperidine rings is 1. The van der Waals surface area contributed by atoms with Crippen LogP contribution >= 0.6 is 0 Å². The van der Waals surface area contributed by atoms with Crippen molar-refractivity contribution in [1.82, 2.24) is 4.90 Å². The maximum Gasteiger partial charge on any atom is 0.341 e. The monoisotopic (exact) mass is 370 g/mol. The molecule has 3 fully saturated rings. The molecule has 2 atom stereocenters. The van der Waals surface area contributed by atoms with Gasteiger partial charge in [-0.05, 0) is 61.8 Å². The summed E-state index contributed by atoms with van der Waals surface area (Å²) in [6.45, 7) is 2.27. The first kappa shape index (κ1) is 17.2. The lowest BCUT2D eigenvalue weighted by molar-refractivity contribution is 0.0666. The minimum Gasteiger partial charge on any atom is -0.382 e. The van der Waals surface area contributed by atoms with Crippen LogP contribution in [0.3, 0.4) is 0 Å². The highest BCUT2D eigenvalue weighted by Gasteiger charge is 2.43. The summed E-state index contributed by atoms with van der Waals surface area (Å²) in [4.78, 5) is 2.32. The summed E-state index contributed by atoms with van der Waals surface area (Å²) in [5.74, 6) is -2.16. The molecule has 0 amide bonds. The van der Waals surface area contributed by atoms with Gasteiger partial charge in [0.1, 0.15) is 0 Å². The molecule has 1 saturated heterocycles. The lowest BCUT2D eigenvalue weighted by Gasteiger charge is -2.48. The number of nitrogens with zero attached hydrogens (tertiary/aromatic N) is 1. The molecule has 25 heavy (non-hydrogen) atoms. The van der Waals surface area contributed by atoms with Gasteiger partial charge in [-0.3, -0.25) is 4.90 Å². The Balaban J connectivity index is 1.46. The van der Waals surface area contributed by atoms with Crippen molar-refractivity contribution < 1.29 is 17.2 Å². The molecule has 2 unspecified atom stereocenters. The highest BCUT2D eigenvalue weighted by molar-refractivity contribution is 7.91. The van der Waals surface area contributed by atoms with E-state index in [2.05, 4.69) is 10.2 Å². The van der Waals surface area contributed by atoms with Gasteiger partial charge in [-0.1, -0.05) is 6.42 Å². The summed E-state index contributed by atoms with van der Waals surface area (Å²) in [5, 5.41) is 3.56. The first-order valence-corrected chi connectivity index (χ1v) is 10.6. The van der Waals surface area contributed by atoms with Crippen LogP contribution in [-0.2, 0) is 9.84 Å². The molecule has 1 aliphatic heterocycles. The summed E-state index contributed by atoms with van der Waals surface area (Å²) in [5.41, 5.74) is 0.815. The lowest BCUT2D eigenvalue weighted by Crippen LogP contribution is -2.54. The normalized spacial score (nSPS) is 30.4. The first-order chi connectivity index (χ1) is 11.9. The van der Waals surface area contributed by atoms with Crippen LogP contribution in [0.25, 0.3) is 0 Å². The van der Waals surface area contributed by atoms with Crippen LogP contribution in [0.2, 0.25) is 0 Å². The number of likely N-dealkylation sites (tertiary alicyclic amines) is 1. The third-order valence-corrected chi connectivity index (χ3v) is 7.32. The van der Waals surface area contributed by atoms with Crippen molar-refractivity contribution in [3.05, 3.63) is 24.3 Å². The van der Waals surface area contributed by atoms with Crippen molar-refractivity contribution >= 4 is 15.5 Å². The van der Waals surface area contributed by atoms with Gasteiger partial charge in [-0.15, -0.1) is 0 Å². The zero-order valence-corrected chi connectivity index (χ0v) is 14.9. The van der Waals surface area contributed by atoms with E-state index in [0.717, 1.165) is 24.8 Å². The van der Waals surface area contributed by atoms with Crippen molar-refractivity contribution in [2.45, 2.75) is 54.8 Å². The number of alkyl halides is 2. The van der Waals surface area contributed by atoms with Crippen molar-refractivity contribution in [3.63, 3.8) is 0 Å². The molecular weight excluding hydrogens is 346 g/mol. The van der Waals surface area contributed by atoms with Gasteiger partial charge in [-0.2, -0.15) is 8.78 Å². The van der Waals surface area contributed by atoms with Crippen molar-refractivity contribution in [3.8, 4) is 0 Å². The third kappa shape index (κ3) is 3.40. The van der Waals surface area contributed by atoms with E-state index in [1.54, 1.807) is 12.1 Å². The predicted octanol–water partition coefficient (Wildman–Crippen LogP) is 3.36. The Hall–Kier alpha value is -1.21. The molecule has 1 aromatic rings. The van der Waals surface area contributed by atoms with E-state index in [4.69, 9.17) is 0 Å². The zero-order chi connectivity index (χ0) is 17.6. The van der Waals surface area contributed by atoms with Gasteiger partial charge in [0.25, 0.3) is 0 Å². The van der Waals surface area contributed by atoms with E-state index in [9.17, 15) is 17.2 Å². The van der Waals surface area contributed by atoms with E-state index in [-0.39, 0.29) is 4.90 Å². The number of hydrogen-bond acceptors (Lipinski definition) is 4. The van der Waals surface area contributed by atoms with Gasteiger partial charge in [-0.25, -0.2) is 8.42 Å². The van der Waals surface area contributed by atoms with E-state index < -0.39 is 15.6 Å². The highest BCUT2D eigenvalue weighted by Crippen LogP contribution is 2.40. The molecule has 0 radical (unpaired) electrons. The maximum absolute atomic E-state index is 12.6. The summed E-state index contributed by atoms with van der Waals surface area (Å²) in [6.07, 6.45) is 6.37. The zero-order valence-electron chi connectivity index (χ0n) is 14.1. The number of nitrogens with one attached hydrogen (secondary N) is 1. The van der Waals surface area contributed by atoms with Gasteiger partial charge in [0.2, 0.25) is 9.84 Å². The molecule has 0 spiro atoms. The molecule has 1 heterocycles. The number of halogens is 2. The molecule has 2 aliphatic carbocycles. The second kappa shape index (κ2) is 6.50. The molecule has 4 rings (SSSR count). The van der Waals surface area contributed by atoms with Crippen LogP contribution in [0.5, 0.6) is 0 Å². The number of fused-ring (bicyclic) bond motifs is 2. The van der Waals surface area contributed by atoms with Crippen molar-refractivity contribution in [1.29, 1.82) is 0 Å². The van der Waals surface area contributed by atoms with Crippen LogP contribution in [-0.4, -0.2) is 44.2 Å². The molecule has 3 aliphatic rings. The standard InChI is InChI=1S/C18H24F2N2O2S/c19-18(20)25(23,24)16-8-4-14(5-9-16)21-17-12-2-1-3-13(17)11-22(10-12)15-6-7-15/h4-5,8-9,12-13,15,17-18,21H,1-3,6-7,10-11H2.